The van der Waals surface area contributed by atoms with Crippen molar-refractivity contribution in [1.82, 2.24) is 10.2 Å². The minimum absolute atomic E-state index is 0.0341. The standard InChI is InChI=1S/C13H16N4O4/c1-3-13(2)11(18)16(12(19)15-13)7-8-5-4-6-9(10(8)14)17(20)21/h4-6H,3,7,14H2,1-2H3,(H,15,19). The molecule has 0 radical (unpaired) electrons. The van der Waals surface area contributed by atoms with Crippen LogP contribution in [0.3, 0.4) is 0 Å². The van der Waals surface area contributed by atoms with Crippen LogP contribution in [0.15, 0.2) is 18.2 Å². The van der Waals surface area contributed by atoms with Crippen LogP contribution in [0.5, 0.6) is 0 Å². The van der Waals surface area contributed by atoms with Crippen molar-refractivity contribution in [2.24, 2.45) is 0 Å². The summed E-state index contributed by atoms with van der Waals surface area (Å²) in [5.41, 5.74) is 4.90. The molecule has 1 aromatic carbocycles. The monoisotopic (exact) mass is 292 g/mol. The molecule has 2 rings (SSSR count). The third-order valence-corrected chi connectivity index (χ3v) is 3.75. The highest BCUT2D eigenvalue weighted by atomic mass is 16.6. The molecule has 112 valence electrons. The number of hydrogen-bond acceptors (Lipinski definition) is 5. The van der Waals surface area contributed by atoms with Gasteiger partial charge < -0.3 is 11.1 Å². The number of rotatable bonds is 4. The third kappa shape index (κ3) is 2.39. The Morgan fingerprint density at radius 2 is 2.10 bits per heavy atom. The Morgan fingerprint density at radius 3 is 2.62 bits per heavy atom. The molecular formula is C13H16N4O4. The van der Waals surface area contributed by atoms with Gasteiger partial charge in [0, 0.05) is 11.6 Å². The average molecular weight is 292 g/mol. The number of nitrogen functional groups attached to an aromatic ring is 1. The third-order valence-electron chi connectivity index (χ3n) is 3.75. The van der Waals surface area contributed by atoms with Crippen molar-refractivity contribution in [2.45, 2.75) is 32.4 Å². The second-order valence-electron chi connectivity index (χ2n) is 5.11. The van der Waals surface area contributed by atoms with Gasteiger partial charge in [-0.25, -0.2) is 4.79 Å². The van der Waals surface area contributed by atoms with Gasteiger partial charge in [-0.3, -0.25) is 19.8 Å². The summed E-state index contributed by atoms with van der Waals surface area (Å²) in [7, 11) is 0. The van der Waals surface area contributed by atoms with Crippen molar-refractivity contribution >= 4 is 23.3 Å². The Labute approximate surface area is 121 Å². The number of carbonyl (C=O) groups is 2. The maximum atomic E-state index is 12.3. The minimum Gasteiger partial charge on any atom is -0.393 e. The Morgan fingerprint density at radius 1 is 1.43 bits per heavy atom. The van der Waals surface area contributed by atoms with Gasteiger partial charge in [0.2, 0.25) is 0 Å². The number of urea groups is 1. The number of anilines is 1. The Balaban J connectivity index is 2.31. The molecule has 0 saturated carbocycles. The molecule has 1 aliphatic rings. The van der Waals surface area contributed by atoms with Gasteiger partial charge in [0.1, 0.15) is 11.2 Å². The van der Waals surface area contributed by atoms with Crippen molar-refractivity contribution in [3.8, 4) is 0 Å². The van der Waals surface area contributed by atoms with Crippen LogP contribution in [0.2, 0.25) is 0 Å². The van der Waals surface area contributed by atoms with Crippen LogP contribution in [0, 0.1) is 10.1 Å². The minimum atomic E-state index is -0.938. The molecule has 1 aliphatic heterocycles. The fourth-order valence-corrected chi connectivity index (χ4v) is 2.20. The fraction of sp³-hybridized carbons (Fsp3) is 0.385. The largest absolute Gasteiger partial charge is 0.393 e. The molecule has 3 N–H and O–H groups in total. The van der Waals surface area contributed by atoms with Gasteiger partial charge in [-0.1, -0.05) is 19.1 Å². The number of amides is 3. The van der Waals surface area contributed by atoms with Crippen LogP contribution in [0.4, 0.5) is 16.2 Å². The predicted molar refractivity (Wildman–Crippen MR) is 75.3 cm³/mol. The molecule has 3 amide bonds. The van der Waals surface area contributed by atoms with E-state index in [-0.39, 0.29) is 23.8 Å². The molecule has 1 fully saturated rings. The lowest BCUT2D eigenvalue weighted by Gasteiger charge is -2.19. The van der Waals surface area contributed by atoms with E-state index in [2.05, 4.69) is 5.32 Å². The second-order valence-corrected chi connectivity index (χ2v) is 5.11. The van der Waals surface area contributed by atoms with E-state index < -0.39 is 16.5 Å². The SMILES string of the molecule is CCC1(C)NC(=O)N(Cc2cccc([N+](=O)[O-])c2N)C1=O. The van der Waals surface area contributed by atoms with Crippen LogP contribution < -0.4 is 11.1 Å². The van der Waals surface area contributed by atoms with Crippen LogP contribution >= 0.6 is 0 Å². The smallest absolute Gasteiger partial charge is 0.325 e. The summed E-state index contributed by atoms with van der Waals surface area (Å²) in [4.78, 5) is 35.5. The van der Waals surface area contributed by atoms with Gasteiger partial charge in [0.15, 0.2) is 0 Å². The number of para-hydroxylation sites is 1. The second kappa shape index (κ2) is 5.04. The lowest BCUT2D eigenvalue weighted by Crippen LogP contribution is -2.43. The Hall–Kier alpha value is -2.64. The van der Waals surface area contributed by atoms with E-state index in [1.165, 1.54) is 12.1 Å². The first-order valence-corrected chi connectivity index (χ1v) is 6.46. The van der Waals surface area contributed by atoms with Gasteiger partial charge in [-0.15, -0.1) is 0 Å². The molecule has 1 aromatic rings. The lowest BCUT2D eigenvalue weighted by atomic mass is 9.99. The molecule has 0 bridgehead atoms. The molecule has 21 heavy (non-hydrogen) atoms. The molecule has 0 spiro atoms. The topological polar surface area (TPSA) is 119 Å². The van der Waals surface area contributed by atoms with Gasteiger partial charge in [0.25, 0.3) is 11.6 Å². The van der Waals surface area contributed by atoms with Gasteiger partial charge in [-0.05, 0) is 13.3 Å². The molecule has 8 heteroatoms. The van der Waals surface area contributed by atoms with E-state index in [0.717, 1.165) is 4.90 Å². The molecule has 8 nitrogen and oxygen atoms in total. The zero-order chi connectivity index (χ0) is 15.8. The lowest BCUT2D eigenvalue weighted by molar-refractivity contribution is -0.384. The van der Waals surface area contributed by atoms with Crippen molar-refractivity contribution in [2.75, 3.05) is 5.73 Å². The van der Waals surface area contributed by atoms with E-state index in [1.54, 1.807) is 19.9 Å². The fourth-order valence-electron chi connectivity index (χ4n) is 2.20. The van der Waals surface area contributed by atoms with E-state index in [1.807, 2.05) is 0 Å². The van der Waals surface area contributed by atoms with Gasteiger partial charge in [0.05, 0.1) is 11.5 Å². The number of nitrogens with two attached hydrogens (primary N) is 1. The molecule has 0 aliphatic carbocycles. The molecule has 1 saturated heterocycles. The summed E-state index contributed by atoms with van der Waals surface area (Å²) < 4.78 is 0. The number of nitrogens with one attached hydrogen (secondary N) is 1. The number of benzene rings is 1. The van der Waals surface area contributed by atoms with Crippen LogP contribution in [0.25, 0.3) is 0 Å². The summed E-state index contributed by atoms with van der Waals surface area (Å²) in [6.45, 7) is 3.35. The van der Waals surface area contributed by atoms with E-state index in [0.29, 0.717) is 12.0 Å². The number of nitrogens with zero attached hydrogens (tertiary/aromatic N) is 2. The number of nitro benzene ring substituents is 1. The Bertz CT molecular complexity index is 631. The maximum absolute atomic E-state index is 12.3. The highest BCUT2D eigenvalue weighted by molar-refractivity contribution is 6.06. The number of hydrogen-bond donors (Lipinski definition) is 2. The van der Waals surface area contributed by atoms with Gasteiger partial charge in [-0.2, -0.15) is 0 Å². The highest BCUT2D eigenvalue weighted by Gasteiger charge is 2.46. The summed E-state index contributed by atoms with van der Waals surface area (Å²) in [5.74, 6) is -0.360. The predicted octanol–water partition coefficient (Wildman–Crippen LogP) is 1.40. The van der Waals surface area contributed by atoms with Crippen molar-refractivity contribution in [1.29, 1.82) is 0 Å². The van der Waals surface area contributed by atoms with Crippen molar-refractivity contribution < 1.29 is 14.5 Å². The molecular weight excluding hydrogens is 276 g/mol. The molecule has 1 atom stereocenters. The van der Waals surface area contributed by atoms with Crippen LogP contribution in [-0.2, 0) is 11.3 Å². The first-order valence-electron chi connectivity index (χ1n) is 6.46. The van der Waals surface area contributed by atoms with E-state index in [9.17, 15) is 19.7 Å². The van der Waals surface area contributed by atoms with Crippen molar-refractivity contribution in [3.05, 3.63) is 33.9 Å². The summed E-state index contributed by atoms with van der Waals surface area (Å²) >= 11 is 0. The highest BCUT2D eigenvalue weighted by Crippen LogP contribution is 2.28. The zero-order valence-corrected chi connectivity index (χ0v) is 11.8. The maximum Gasteiger partial charge on any atom is 0.325 e. The first-order chi connectivity index (χ1) is 9.80. The Kier molecular flexibility index (Phi) is 3.54. The summed E-state index contributed by atoms with van der Waals surface area (Å²) in [6.07, 6.45) is 0.457. The van der Waals surface area contributed by atoms with Crippen LogP contribution in [-0.4, -0.2) is 27.3 Å². The zero-order valence-electron chi connectivity index (χ0n) is 11.8. The van der Waals surface area contributed by atoms with Crippen LogP contribution in [0.1, 0.15) is 25.8 Å². The number of imide groups is 1. The molecule has 1 heterocycles. The first kappa shape index (κ1) is 14.8. The molecule has 1 unspecified atom stereocenters. The van der Waals surface area contributed by atoms with E-state index >= 15 is 0 Å². The van der Waals surface area contributed by atoms with E-state index in [4.69, 9.17) is 5.73 Å². The van der Waals surface area contributed by atoms with Gasteiger partial charge >= 0.3 is 6.03 Å². The summed E-state index contributed by atoms with van der Waals surface area (Å²) in [5, 5.41) is 13.5. The summed E-state index contributed by atoms with van der Waals surface area (Å²) in [6, 6.07) is 3.79. The van der Waals surface area contributed by atoms with Crippen molar-refractivity contribution in [3.63, 3.8) is 0 Å². The number of nitro groups is 1. The normalized spacial score (nSPS) is 21.5. The average Bonchev–Trinajstić information content (AvgIpc) is 2.64. The number of carbonyl (C=O) groups excluding carboxylic acids is 2. The molecule has 0 aromatic heterocycles. The quantitative estimate of drug-likeness (QED) is 0.376.